The fourth-order valence-corrected chi connectivity index (χ4v) is 5.23. The average molecular weight is 473 g/mol. The molecule has 1 fully saturated rings. The summed E-state index contributed by atoms with van der Waals surface area (Å²) >= 11 is 21.3. The quantitative estimate of drug-likeness (QED) is 0.256. The molecule has 1 aliphatic heterocycles. The summed E-state index contributed by atoms with van der Waals surface area (Å²) in [6.45, 7) is 2.10. The van der Waals surface area contributed by atoms with Gasteiger partial charge in [0, 0.05) is 13.1 Å². The second kappa shape index (κ2) is 8.97. The normalized spacial score (nSPS) is 14.8. The average Bonchev–Trinajstić information content (AvgIpc) is 3.36. The topological polar surface area (TPSA) is 53.4 Å². The Morgan fingerprint density at radius 3 is 2.68 bits per heavy atom. The molecule has 0 unspecified atom stereocenters. The standard InChI is InChI=1S/C18H16Cl3N5S2/c19-11-9-12(20)17(24-16(11)21)25-22-10-14-15(13-5-4-8-27-13)23-18(28-14)26-6-2-1-3-7-26/h4-5,8-10H,1-3,6-7H2,(H,24,25). The first kappa shape index (κ1) is 19.9. The Balaban J connectivity index is 1.60. The molecular formula is C18H16Cl3N5S2. The number of hydrogen-bond acceptors (Lipinski definition) is 7. The summed E-state index contributed by atoms with van der Waals surface area (Å²) in [7, 11) is 0. The summed E-state index contributed by atoms with van der Waals surface area (Å²) in [5, 5.41) is 8.22. The largest absolute Gasteiger partial charge is 0.348 e. The molecule has 0 amide bonds. The molecule has 1 saturated heterocycles. The minimum absolute atomic E-state index is 0.174. The molecule has 0 radical (unpaired) electrons. The van der Waals surface area contributed by atoms with Crippen LogP contribution in [0.3, 0.4) is 0 Å². The van der Waals surface area contributed by atoms with E-state index < -0.39 is 0 Å². The fourth-order valence-electron chi connectivity index (χ4n) is 2.89. The lowest BCUT2D eigenvalue weighted by atomic mass is 10.1. The predicted octanol–water partition coefficient (Wildman–Crippen LogP) is 6.66. The number of anilines is 2. The van der Waals surface area contributed by atoms with Gasteiger partial charge in [0.15, 0.2) is 10.9 Å². The molecule has 0 aromatic carbocycles. The van der Waals surface area contributed by atoms with E-state index in [0.29, 0.717) is 15.9 Å². The number of nitrogens with one attached hydrogen (secondary N) is 1. The van der Waals surface area contributed by atoms with Crippen molar-refractivity contribution in [2.45, 2.75) is 19.3 Å². The highest BCUT2D eigenvalue weighted by Gasteiger charge is 2.19. The minimum Gasteiger partial charge on any atom is -0.348 e. The Hall–Kier alpha value is -1.38. The molecule has 146 valence electrons. The number of piperidine rings is 1. The van der Waals surface area contributed by atoms with Crippen molar-refractivity contribution in [3.05, 3.63) is 43.7 Å². The highest BCUT2D eigenvalue weighted by molar-refractivity contribution is 7.18. The van der Waals surface area contributed by atoms with Crippen molar-refractivity contribution in [1.82, 2.24) is 9.97 Å². The van der Waals surface area contributed by atoms with Gasteiger partial charge in [-0.3, -0.25) is 5.43 Å². The maximum Gasteiger partial charge on any atom is 0.186 e. The highest BCUT2D eigenvalue weighted by atomic mass is 35.5. The third kappa shape index (κ3) is 4.44. The third-order valence-corrected chi connectivity index (χ3v) is 7.15. The minimum atomic E-state index is 0.174. The zero-order valence-corrected chi connectivity index (χ0v) is 18.6. The van der Waals surface area contributed by atoms with Crippen LogP contribution in [0.4, 0.5) is 10.9 Å². The number of aromatic nitrogens is 2. The van der Waals surface area contributed by atoms with Crippen LogP contribution in [0, 0.1) is 0 Å². The lowest BCUT2D eigenvalue weighted by Crippen LogP contribution is -2.29. The van der Waals surface area contributed by atoms with E-state index in [-0.39, 0.29) is 5.15 Å². The van der Waals surface area contributed by atoms with E-state index in [1.165, 1.54) is 25.3 Å². The summed E-state index contributed by atoms with van der Waals surface area (Å²) in [5.41, 5.74) is 3.79. The zero-order valence-electron chi connectivity index (χ0n) is 14.7. The molecule has 3 aromatic rings. The van der Waals surface area contributed by atoms with Crippen molar-refractivity contribution in [3.63, 3.8) is 0 Å². The Morgan fingerprint density at radius 2 is 1.93 bits per heavy atom. The summed E-state index contributed by atoms with van der Waals surface area (Å²) in [5.74, 6) is 0.353. The molecule has 0 aliphatic carbocycles. The first-order valence-electron chi connectivity index (χ1n) is 8.72. The first-order valence-corrected chi connectivity index (χ1v) is 11.5. The zero-order chi connectivity index (χ0) is 19.5. The number of thiazole rings is 1. The molecule has 28 heavy (non-hydrogen) atoms. The number of thiophene rings is 1. The van der Waals surface area contributed by atoms with E-state index >= 15 is 0 Å². The van der Waals surface area contributed by atoms with Gasteiger partial charge in [0.2, 0.25) is 0 Å². The molecule has 4 rings (SSSR count). The Bertz CT molecular complexity index is 982. The van der Waals surface area contributed by atoms with Gasteiger partial charge in [0.25, 0.3) is 0 Å². The molecular weight excluding hydrogens is 457 g/mol. The van der Waals surface area contributed by atoms with Crippen LogP contribution in [0.5, 0.6) is 0 Å². The van der Waals surface area contributed by atoms with Crippen molar-refractivity contribution in [3.8, 4) is 10.6 Å². The lowest BCUT2D eigenvalue weighted by Gasteiger charge is -2.25. The van der Waals surface area contributed by atoms with Gasteiger partial charge < -0.3 is 4.90 Å². The van der Waals surface area contributed by atoms with Crippen LogP contribution in [0.2, 0.25) is 15.2 Å². The van der Waals surface area contributed by atoms with Crippen LogP contribution in [-0.2, 0) is 0 Å². The van der Waals surface area contributed by atoms with E-state index in [1.807, 2.05) is 11.4 Å². The second-order valence-electron chi connectivity index (χ2n) is 6.20. The van der Waals surface area contributed by atoms with Crippen LogP contribution in [0.1, 0.15) is 24.1 Å². The molecule has 5 nitrogen and oxygen atoms in total. The van der Waals surface area contributed by atoms with E-state index in [4.69, 9.17) is 39.8 Å². The highest BCUT2D eigenvalue weighted by Crippen LogP contribution is 2.35. The molecule has 3 aromatic heterocycles. The number of pyridine rings is 1. The van der Waals surface area contributed by atoms with Gasteiger partial charge in [-0.15, -0.1) is 11.3 Å². The van der Waals surface area contributed by atoms with Crippen molar-refractivity contribution >= 4 is 74.6 Å². The summed E-state index contributed by atoms with van der Waals surface area (Å²) < 4.78 is 0. The van der Waals surface area contributed by atoms with Crippen molar-refractivity contribution < 1.29 is 0 Å². The summed E-state index contributed by atoms with van der Waals surface area (Å²) in [6, 6.07) is 5.63. The lowest BCUT2D eigenvalue weighted by molar-refractivity contribution is 0.577. The van der Waals surface area contributed by atoms with Crippen molar-refractivity contribution in [2.75, 3.05) is 23.4 Å². The first-order chi connectivity index (χ1) is 13.6. The van der Waals surface area contributed by atoms with Gasteiger partial charge >= 0.3 is 0 Å². The second-order valence-corrected chi connectivity index (χ2v) is 9.32. The SMILES string of the molecule is Clc1cc(Cl)c(NN=Cc2sc(N3CCCCC3)nc2-c2cccs2)nc1Cl. The maximum absolute atomic E-state index is 6.14. The predicted molar refractivity (Wildman–Crippen MR) is 122 cm³/mol. The molecule has 1 aliphatic rings. The van der Waals surface area contributed by atoms with Crippen LogP contribution < -0.4 is 10.3 Å². The van der Waals surface area contributed by atoms with Crippen LogP contribution in [-0.4, -0.2) is 29.3 Å². The van der Waals surface area contributed by atoms with Gasteiger partial charge in [-0.25, -0.2) is 9.97 Å². The molecule has 0 bridgehead atoms. The van der Waals surface area contributed by atoms with E-state index in [0.717, 1.165) is 33.7 Å². The van der Waals surface area contributed by atoms with Crippen molar-refractivity contribution in [1.29, 1.82) is 0 Å². The summed E-state index contributed by atoms with van der Waals surface area (Å²) in [4.78, 5) is 13.5. The van der Waals surface area contributed by atoms with Gasteiger partial charge in [-0.05, 0) is 36.8 Å². The molecule has 4 heterocycles. The monoisotopic (exact) mass is 471 g/mol. The Kier molecular flexibility index (Phi) is 6.38. The van der Waals surface area contributed by atoms with Gasteiger partial charge in [-0.1, -0.05) is 52.2 Å². The van der Waals surface area contributed by atoms with E-state index in [2.05, 4.69) is 26.5 Å². The van der Waals surface area contributed by atoms with Gasteiger partial charge in [0.05, 0.1) is 26.0 Å². The van der Waals surface area contributed by atoms with Gasteiger partial charge in [-0.2, -0.15) is 5.10 Å². The van der Waals surface area contributed by atoms with Crippen LogP contribution in [0.15, 0.2) is 28.7 Å². The Morgan fingerprint density at radius 1 is 1.11 bits per heavy atom. The number of halogens is 3. The molecule has 0 spiro atoms. The van der Waals surface area contributed by atoms with Crippen LogP contribution in [0.25, 0.3) is 10.6 Å². The number of nitrogens with zero attached hydrogens (tertiary/aromatic N) is 4. The van der Waals surface area contributed by atoms with Crippen molar-refractivity contribution in [2.24, 2.45) is 5.10 Å². The van der Waals surface area contributed by atoms with Crippen LogP contribution >= 0.6 is 57.5 Å². The molecule has 0 saturated carbocycles. The molecule has 1 N–H and O–H groups in total. The van der Waals surface area contributed by atoms with E-state index in [9.17, 15) is 0 Å². The number of hydrazone groups is 1. The van der Waals surface area contributed by atoms with E-state index in [1.54, 1.807) is 28.9 Å². The molecule has 10 heteroatoms. The maximum atomic E-state index is 6.14. The van der Waals surface area contributed by atoms with Gasteiger partial charge in [0.1, 0.15) is 10.8 Å². The number of rotatable bonds is 5. The summed E-state index contributed by atoms with van der Waals surface area (Å²) in [6.07, 6.45) is 5.46. The Labute approximate surface area is 186 Å². The fraction of sp³-hybridized carbons (Fsp3) is 0.278. The smallest absolute Gasteiger partial charge is 0.186 e. The number of hydrogen-bond donors (Lipinski definition) is 1. The molecule has 0 atom stereocenters. The third-order valence-electron chi connectivity index (χ3n) is 4.26.